The number of nitrogens with one attached hydrogen (secondary N) is 1. The summed E-state index contributed by atoms with van der Waals surface area (Å²) in [5.41, 5.74) is 1.56. The molecule has 0 heterocycles. The van der Waals surface area contributed by atoms with Gasteiger partial charge in [-0.1, -0.05) is 43.5 Å². The third-order valence-electron chi connectivity index (χ3n) is 4.51. The molecule has 0 spiro atoms. The molecule has 0 aromatic heterocycles. The molecule has 1 aromatic rings. The lowest BCUT2D eigenvalue weighted by Gasteiger charge is -2.26. The van der Waals surface area contributed by atoms with Crippen molar-refractivity contribution >= 4 is 12.1 Å². The van der Waals surface area contributed by atoms with Crippen LogP contribution in [0.5, 0.6) is 0 Å². The van der Waals surface area contributed by atoms with E-state index in [1.807, 2.05) is 18.2 Å². The second kappa shape index (κ2) is 8.37. The number of benzene rings is 1. The van der Waals surface area contributed by atoms with Crippen LogP contribution in [0.25, 0.3) is 0 Å². The molecule has 1 saturated carbocycles. The molecule has 1 aliphatic carbocycles. The summed E-state index contributed by atoms with van der Waals surface area (Å²) in [5, 5.41) is 12.0. The zero-order valence-corrected chi connectivity index (χ0v) is 15.4. The summed E-state index contributed by atoms with van der Waals surface area (Å²) in [4.78, 5) is 23.6. The Bertz CT molecular complexity index is 600. The van der Waals surface area contributed by atoms with E-state index in [0.717, 1.165) is 18.4 Å². The quantitative estimate of drug-likeness (QED) is 0.835. The largest absolute Gasteiger partial charge is 0.480 e. The van der Waals surface area contributed by atoms with Crippen molar-refractivity contribution in [1.82, 2.24) is 5.32 Å². The molecule has 1 aliphatic rings. The zero-order chi connectivity index (χ0) is 18.4. The number of carbonyl (C=O) groups is 2. The smallest absolute Gasteiger partial charge is 0.408 e. The molecule has 0 aliphatic heterocycles. The first-order valence-electron chi connectivity index (χ1n) is 9.06. The number of aliphatic carboxylic acids is 1. The summed E-state index contributed by atoms with van der Waals surface area (Å²) >= 11 is 0. The first-order chi connectivity index (χ1) is 11.8. The normalized spacial score (nSPS) is 16.9. The van der Waals surface area contributed by atoms with Crippen LogP contribution in [-0.4, -0.2) is 28.8 Å². The number of amides is 1. The third-order valence-corrected chi connectivity index (χ3v) is 4.51. The molecular weight excluding hydrogens is 318 g/mol. The van der Waals surface area contributed by atoms with E-state index in [1.54, 1.807) is 20.8 Å². The predicted molar refractivity (Wildman–Crippen MR) is 96.8 cm³/mol. The lowest BCUT2D eigenvalue weighted by Crippen LogP contribution is -2.44. The minimum atomic E-state index is -1.05. The van der Waals surface area contributed by atoms with E-state index in [0.29, 0.717) is 5.92 Å². The summed E-state index contributed by atoms with van der Waals surface area (Å²) in [5.74, 6) is -0.565. The van der Waals surface area contributed by atoms with Crippen molar-refractivity contribution in [3.05, 3.63) is 35.4 Å². The minimum absolute atomic E-state index is 0.265. The van der Waals surface area contributed by atoms with Crippen LogP contribution in [0.3, 0.4) is 0 Å². The maximum atomic E-state index is 12.0. The first-order valence-corrected chi connectivity index (χ1v) is 9.06. The van der Waals surface area contributed by atoms with Gasteiger partial charge in [-0.2, -0.15) is 0 Å². The van der Waals surface area contributed by atoms with Gasteiger partial charge in [-0.05, 0) is 50.7 Å². The maximum Gasteiger partial charge on any atom is 0.408 e. The summed E-state index contributed by atoms with van der Waals surface area (Å²) in [6.07, 6.45) is 5.57. The Morgan fingerprint density at radius 2 is 1.84 bits per heavy atom. The van der Waals surface area contributed by atoms with Crippen molar-refractivity contribution in [3.63, 3.8) is 0 Å². The number of carbonyl (C=O) groups excluding carboxylic acids is 1. The van der Waals surface area contributed by atoms with Crippen LogP contribution in [0, 0.1) is 0 Å². The molecule has 1 fully saturated rings. The fourth-order valence-corrected chi connectivity index (χ4v) is 3.40. The lowest BCUT2D eigenvalue weighted by atomic mass is 9.81. The molecule has 2 N–H and O–H groups in total. The molecule has 5 nitrogen and oxygen atoms in total. The predicted octanol–water partition coefficient (Wildman–Crippen LogP) is 4.25. The van der Waals surface area contributed by atoms with Crippen molar-refractivity contribution in [3.8, 4) is 0 Å². The van der Waals surface area contributed by atoms with Crippen LogP contribution in [0.1, 0.15) is 69.9 Å². The molecule has 1 unspecified atom stereocenters. The molecule has 1 aromatic carbocycles. The van der Waals surface area contributed by atoms with E-state index < -0.39 is 23.7 Å². The van der Waals surface area contributed by atoms with Gasteiger partial charge in [-0.15, -0.1) is 0 Å². The Hall–Kier alpha value is -2.04. The highest BCUT2D eigenvalue weighted by atomic mass is 16.6. The molecule has 0 radical (unpaired) electrons. The molecule has 0 saturated heterocycles. The van der Waals surface area contributed by atoms with Gasteiger partial charge >= 0.3 is 12.1 Å². The van der Waals surface area contributed by atoms with Gasteiger partial charge in [0.2, 0.25) is 0 Å². The van der Waals surface area contributed by atoms with Crippen LogP contribution in [-0.2, 0) is 16.0 Å². The Labute approximate surface area is 149 Å². The molecule has 5 heteroatoms. The monoisotopic (exact) mass is 347 g/mol. The number of carboxylic acids is 1. The molecule has 1 atom stereocenters. The average molecular weight is 347 g/mol. The summed E-state index contributed by atoms with van der Waals surface area (Å²) in [6.45, 7) is 5.25. The maximum absolute atomic E-state index is 12.0. The second-order valence-corrected chi connectivity index (χ2v) is 7.77. The van der Waals surface area contributed by atoms with Gasteiger partial charge in [-0.3, -0.25) is 0 Å². The van der Waals surface area contributed by atoms with Gasteiger partial charge < -0.3 is 15.2 Å². The van der Waals surface area contributed by atoms with Crippen LogP contribution >= 0.6 is 0 Å². The van der Waals surface area contributed by atoms with Crippen LogP contribution in [0.2, 0.25) is 0 Å². The van der Waals surface area contributed by atoms with E-state index in [4.69, 9.17) is 4.74 Å². The standard InChI is InChI=1S/C20H29NO4/c1-20(2,3)25-19(24)21-17(18(22)23)13-15-11-7-8-12-16(15)14-9-5-4-6-10-14/h7-8,11-12,14,17H,4-6,9-10,13H2,1-3H3,(H,21,24)(H,22,23). The van der Waals surface area contributed by atoms with E-state index in [1.165, 1.54) is 24.8 Å². The zero-order valence-electron chi connectivity index (χ0n) is 15.4. The van der Waals surface area contributed by atoms with Crippen molar-refractivity contribution < 1.29 is 19.4 Å². The number of carboxylic acid groups (broad SMARTS) is 1. The van der Waals surface area contributed by atoms with E-state index in [2.05, 4.69) is 11.4 Å². The highest BCUT2D eigenvalue weighted by molar-refractivity contribution is 5.80. The number of alkyl carbamates (subject to hydrolysis) is 1. The van der Waals surface area contributed by atoms with Gasteiger partial charge in [0, 0.05) is 6.42 Å². The Balaban J connectivity index is 2.11. The molecule has 2 rings (SSSR count). The van der Waals surface area contributed by atoms with Crippen LogP contribution in [0.4, 0.5) is 4.79 Å². The van der Waals surface area contributed by atoms with Gasteiger partial charge in [0.05, 0.1) is 0 Å². The summed E-state index contributed by atoms with van der Waals surface area (Å²) in [7, 11) is 0. The summed E-state index contributed by atoms with van der Waals surface area (Å²) in [6, 6.07) is 6.99. The Kier molecular flexibility index (Phi) is 6.45. The number of hydrogen-bond acceptors (Lipinski definition) is 3. The van der Waals surface area contributed by atoms with E-state index >= 15 is 0 Å². The number of hydrogen-bond donors (Lipinski definition) is 2. The molecular formula is C20H29NO4. The fourth-order valence-electron chi connectivity index (χ4n) is 3.40. The highest BCUT2D eigenvalue weighted by Gasteiger charge is 2.26. The van der Waals surface area contributed by atoms with Gasteiger partial charge in [0.25, 0.3) is 0 Å². The van der Waals surface area contributed by atoms with Crippen molar-refractivity contribution in [2.45, 2.75) is 76.9 Å². The lowest BCUT2D eigenvalue weighted by molar-refractivity contribution is -0.139. The Morgan fingerprint density at radius 3 is 2.44 bits per heavy atom. The van der Waals surface area contributed by atoms with Gasteiger partial charge in [0.15, 0.2) is 0 Å². The number of rotatable bonds is 5. The average Bonchev–Trinajstić information content (AvgIpc) is 2.53. The van der Waals surface area contributed by atoms with Crippen molar-refractivity contribution in [2.75, 3.05) is 0 Å². The van der Waals surface area contributed by atoms with Crippen molar-refractivity contribution in [1.29, 1.82) is 0 Å². The minimum Gasteiger partial charge on any atom is -0.480 e. The van der Waals surface area contributed by atoms with Gasteiger partial charge in [-0.25, -0.2) is 9.59 Å². The third kappa shape index (κ3) is 6.07. The van der Waals surface area contributed by atoms with Crippen LogP contribution < -0.4 is 5.32 Å². The number of ether oxygens (including phenoxy) is 1. The summed E-state index contributed by atoms with van der Waals surface area (Å²) < 4.78 is 5.19. The Morgan fingerprint density at radius 1 is 1.20 bits per heavy atom. The second-order valence-electron chi connectivity index (χ2n) is 7.77. The molecule has 25 heavy (non-hydrogen) atoms. The van der Waals surface area contributed by atoms with E-state index in [-0.39, 0.29) is 6.42 Å². The molecule has 1 amide bonds. The van der Waals surface area contributed by atoms with E-state index in [9.17, 15) is 14.7 Å². The molecule has 138 valence electrons. The fraction of sp³-hybridized carbons (Fsp3) is 0.600. The SMILES string of the molecule is CC(C)(C)OC(=O)NC(Cc1ccccc1C1CCCCC1)C(=O)O. The van der Waals surface area contributed by atoms with Crippen molar-refractivity contribution in [2.24, 2.45) is 0 Å². The molecule has 0 bridgehead atoms. The van der Waals surface area contributed by atoms with Crippen LogP contribution in [0.15, 0.2) is 24.3 Å². The van der Waals surface area contributed by atoms with Gasteiger partial charge in [0.1, 0.15) is 11.6 Å². The highest BCUT2D eigenvalue weighted by Crippen LogP contribution is 2.34. The first kappa shape index (κ1) is 19.3. The topological polar surface area (TPSA) is 75.6 Å².